The van der Waals surface area contributed by atoms with Gasteiger partial charge in [-0.25, -0.2) is 0 Å². The van der Waals surface area contributed by atoms with Gasteiger partial charge >= 0.3 is 0 Å². The lowest BCUT2D eigenvalue weighted by molar-refractivity contribution is 0.244. The molecule has 0 amide bonds. The van der Waals surface area contributed by atoms with Crippen molar-refractivity contribution < 1.29 is 4.43 Å². The minimum Gasteiger partial charge on any atom is -0.411 e. The molecular weight excluding hydrogens is 309 g/mol. The van der Waals surface area contributed by atoms with Crippen LogP contribution in [0.4, 0.5) is 0 Å². The van der Waals surface area contributed by atoms with Crippen molar-refractivity contribution >= 4 is 29.6 Å². The van der Waals surface area contributed by atoms with Crippen LogP contribution in [-0.2, 0) is 4.43 Å². The van der Waals surface area contributed by atoms with Gasteiger partial charge in [0.25, 0.3) is 0 Å². The fraction of sp³-hybridized carbons (Fsp3) is 0.467. The van der Waals surface area contributed by atoms with Gasteiger partial charge in [-0.1, -0.05) is 38.3 Å². The first-order chi connectivity index (χ1) is 8.95. The Morgan fingerprint density at radius 3 is 1.45 bits per heavy atom. The van der Waals surface area contributed by atoms with Crippen molar-refractivity contribution in [2.24, 2.45) is 0 Å². The molecule has 1 fully saturated rings. The molecule has 0 bridgehead atoms. The van der Waals surface area contributed by atoms with Crippen LogP contribution in [0, 0.1) is 0 Å². The minimum atomic E-state index is -1.86. The molecule has 20 heavy (non-hydrogen) atoms. The third-order valence-electron chi connectivity index (χ3n) is 6.45. The Kier molecular flexibility index (Phi) is 4.38. The predicted molar refractivity (Wildman–Crippen MR) is 103 cm³/mol. The molecule has 5 heteroatoms. The topological polar surface area (TPSA) is 9.23 Å². The average molecular weight is 339 g/mol. The zero-order valence-electron chi connectivity index (χ0n) is 14.0. The summed E-state index contributed by atoms with van der Waals surface area (Å²) >= 11 is 0. The van der Waals surface area contributed by atoms with Crippen molar-refractivity contribution in [1.29, 1.82) is 0 Å². The number of rotatable bonds is 4. The van der Waals surface area contributed by atoms with Crippen LogP contribution in [0.25, 0.3) is 0 Å². The van der Waals surface area contributed by atoms with Crippen molar-refractivity contribution in [3.63, 3.8) is 0 Å². The largest absolute Gasteiger partial charge is 0.411 e. The van der Waals surface area contributed by atoms with Gasteiger partial charge in [0.05, 0.1) is 27.0 Å². The van der Waals surface area contributed by atoms with Crippen LogP contribution < -0.4 is 0 Å². The quantitative estimate of drug-likeness (QED) is 0.544. The third kappa shape index (κ3) is 1.73. The van der Waals surface area contributed by atoms with E-state index in [1.165, 1.54) is 0 Å². The molecule has 112 valence electrons. The molecule has 0 aromatic heterocycles. The van der Waals surface area contributed by atoms with Gasteiger partial charge in [0, 0.05) is 0 Å². The summed E-state index contributed by atoms with van der Waals surface area (Å²) in [6.07, 6.45) is 4.04. The van der Waals surface area contributed by atoms with Crippen LogP contribution in [0.15, 0.2) is 49.9 Å². The first-order valence-electron chi connectivity index (χ1n) is 7.20. The second-order valence-electron chi connectivity index (χ2n) is 7.25. The summed E-state index contributed by atoms with van der Waals surface area (Å²) < 4.78 is 6.82. The highest BCUT2D eigenvalue weighted by molar-refractivity contribution is 7.86. The Balaban J connectivity index is 3.81. The van der Waals surface area contributed by atoms with Crippen LogP contribution in [0.3, 0.4) is 0 Å². The summed E-state index contributed by atoms with van der Waals surface area (Å²) in [5, 5.41) is -0.312. The molecule has 0 radical (unpaired) electrons. The van der Waals surface area contributed by atoms with E-state index in [9.17, 15) is 0 Å². The summed E-state index contributed by atoms with van der Waals surface area (Å²) in [6, 6.07) is 0. The molecule has 1 aliphatic rings. The van der Waals surface area contributed by atoms with E-state index in [1.807, 2.05) is 12.2 Å². The first-order valence-corrected chi connectivity index (χ1v) is 21.3. The zero-order valence-corrected chi connectivity index (χ0v) is 18.0. The first kappa shape index (κ1) is 17.8. The van der Waals surface area contributed by atoms with E-state index < -0.39 is 29.6 Å². The van der Waals surface area contributed by atoms with Gasteiger partial charge < -0.3 is 4.43 Å². The van der Waals surface area contributed by atoms with E-state index in [4.69, 9.17) is 4.43 Å². The Bertz CT molecular complexity index is 460. The van der Waals surface area contributed by atoms with Crippen LogP contribution in [0.2, 0.25) is 39.3 Å². The van der Waals surface area contributed by atoms with Crippen LogP contribution >= 0.6 is 0 Å². The van der Waals surface area contributed by atoms with Gasteiger partial charge in [-0.05, 0) is 13.1 Å². The fourth-order valence-electron chi connectivity index (χ4n) is 3.94. The molecule has 2 atom stereocenters. The van der Waals surface area contributed by atoms with E-state index in [2.05, 4.69) is 77.0 Å². The zero-order chi connectivity index (χ0) is 16.0. The van der Waals surface area contributed by atoms with Crippen LogP contribution in [0.1, 0.15) is 0 Å². The van der Waals surface area contributed by atoms with Gasteiger partial charge in [0.2, 0.25) is 0 Å². The molecule has 0 spiro atoms. The normalized spacial score (nSPS) is 37.7. The Labute approximate surface area is 128 Å². The van der Waals surface area contributed by atoms with Gasteiger partial charge in [-0.2, -0.15) is 0 Å². The van der Waals surface area contributed by atoms with Crippen molar-refractivity contribution in [1.82, 2.24) is 0 Å². The van der Waals surface area contributed by atoms with E-state index >= 15 is 0 Å². The lowest BCUT2D eigenvalue weighted by atomic mass is 10.3. The van der Waals surface area contributed by atoms with Crippen LogP contribution in [-0.4, -0.2) is 34.9 Å². The molecule has 2 unspecified atom stereocenters. The summed E-state index contributed by atoms with van der Waals surface area (Å²) in [5.74, 6) is 0. The molecule has 1 heterocycles. The second kappa shape index (κ2) is 4.91. The van der Waals surface area contributed by atoms with Crippen molar-refractivity contribution in [2.75, 3.05) is 0 Å². The molecular formula is C15H30OSi4. The van der Waals surface area contributed by atoms with Crippen molar-refractivity contribution in [2.45, 2.75) is 44.5 Å². The number of hydrogen-bond acceptors (Lipinski definition) is 1. The summed E-state index contributed by atoms with van der Waals surface area (Å²) in [7, 11) is -7.01. The Morgan fingerprint density at radius 2 is 1.15 bits per heavy atom. The summed E-state index contributed by atoms with van der Waals surface area (Å²) in [6.45, 7) is 31.3. The molecule has 0 saturated carbocycles. The highest BCUT2D eigenvalue weighted by Gasteiger charge is 2.72. The average Bonchev–Trinajstić information content (AvgIpc) is 2.40. The molecule has 1 aliphatic heterocycles. The fourth-order valence-corrected chi connectivity index (χ4v) is 74.9. The molecule has 0 aliphatic carbocycles. The van der Waals surface area contributed by atoms with Crippen LogP contribution in [0.5, 0.6) is 0 Å². The van der Waals surface area contributed by atoms with E-state index in [1.54, 1.807) is 0 Å². The molecule has 0 N–H and O–H groups in total. The van der Waals surface area contributed by atoms with E-state index in [0.717, 1.165) is 0 Å². The highest BCUT2D eigenvalue weighted by Crippen LogP contribution is 2.49. The predicted octanol–water partition coefficient (Wildman–Crippen LogP) is 4.42. The monoisotopic (exact) mass is 338 g/mol. The number of hydrogen-bond donors (Lipinski definition) is 0. The van der Waals surface area contributed by atoms with Gasteiger partial charge in [0.1, 0.15) is 0 Å². The van der Waals surface area contributed by atoms with Gasteiger partial charge in [0.15, 0.2) is 7.83 Å². The minimum absolute atomic E-state index is 0.312. The lowest BCUT2D eigenvalue weighted by Gasteiger charge is -2.66. The second-order valence-corrected chi connectivity index (χ2v) is 43.0. The Hall–Kier alpha value is -0.212. The SMILES string of the molecule is C=CC1(C=C)O[Si](C)(C)[Si](C)(C=C)[Si](C)(C=C)[Si]1(C)C. The molecule has 1 nitrogen and oxygen atoms in total. The molecule has 1 rings (SSSR count). The standard InChI is InChI=1S/C15H30OSi4/c1-11-15(12-2)16-18(7,8)20(10,14-4)19(9,13-3)17(15,5)6/h11-14H,1-4H2,5-10H3. The van der Waals surface area contributed by atoms with Crippen molar-refractivity contribution in [3.8, 4) is 0 Å². The van der Waals surface area contributed by atoms with E-state index in [0.29, 0.717) is 0 Å². The lowest BCUT2D eigenvalue weighted by Crippen LogP contribution is -2.91. The smallest absolute Gasteiger partial charge is 0.177 e. The maximum Gasteiger partial charge on any atom is 0.177 e. The molecule has 1 saturated heterocycles. The maximum atomic E-state index is 6.82. The van der Waals surface area contributed by atoms with Gasteiger partial charge in [-0.3, -0.25) is 0 Å². The van der Waals surface area contributed by atoms with Crippen molar-refractivity contribution in [3.05, 3.63) is 49.9 Å². The molecule has 0 aromatic carbocycles. The highest BCUT2D eigenvalue weighted by atomic mass is 29.8. The summed E-state index contributed by atoms with van der Waals surface area (Å²) in [5.41, 5.74) is 4.64. The molecule has 0 aromatic rings. The van der Waals surface area contributed by atoms with E-state index in [-0.39, 0.29) is 5.22 Å². The van der Waals surface area contributed by atoms with Gasteiger partial charge in [-0.15, -0.1) is 37.7 Å². The summed E-state index contributed by atoms with van der Waals surface area (Å²) in [4.78, 5) is 0. The maximum absolute atomic E-state index is 6.82. The third-order valence-corrected chi connectivity index (χ3v) is 67.2. The Morgan fingerprint density at radius 1 is 0.750 bits per heavy atom.